The molecular weight excluding hydrogens is 470 g/mol. The van der Waals surface area contributed by atoms with Gasteiger partial charge in [-0.2, -0.15) is 0 Å². The number of aromatic nitrogens is 2. The van der Waals surface area contributed by atoms with Crippen LogP contribution in [0.2, 0.25) is 0 Å². The summed E-state index contributed by atoms with van der Waals surface area (Å²) >= 11 is 3.39. The molecule has 0 saturated carbocycles. The molecule has 0 spiro atoms. The number of fused-ring (bicyclic) bond motifs is 1. The molecule has 0 atom stereocenters. The number of carbonyl (C=O) groups is 2. The molecule has 0 saturated heterocycles. The number of rotatable bonds is 5. The number of carbonyl (C=O) groups excluding carboxylic acids is 2. The van der Waals surface area contributed by atoms with Gasteiger partial charge < -0.3 is 9.88 Å². The highest BCUT2D eigenvalue weighted by Gasteiger charge is 2.18. The number of hydrogen-bond acceptors (Lipinski definition) is 4. The molecule has 4 aromatic rings. The van der Waals surface area contributed by atoms with Crippen LogP contribution in [0.25, 0.3) is 10.9 Å². The maximum Gasteiger partial charge on any atom is 0.244 e. The van der Waals surface area contributed by atoms with E-state index in [1.807, 2.05) is 32.0 Å². The van der Waals surface area contributed by atoms with Gasteiger partial charge in [-0.05, 0) is 61.4 Å². The number of hydrogen-bond donors (Lipinski definition) is 1. The second-order valence-electron chi connectivity index (χ2n) is 7.52. The summed E-state index contributed by atoms with van der Waals surface area (Å²) in [4.78, 5) is 43.0. The number of nitrogens with zero attached hydrogens (tertiary/aromatic N) is 2. The van der Waals surface area contributed by atoms with Crippen molar-refractivity contribution in [2.45, 2.75) is 20.4 Å². The largest absolute Gasteiger partial charge is 0.337 e. The molecule has 0 bridgehead atoms. The fraction of sp³-hybridized carbons (Fsp3) is 0.120. The van der Waals surface area contributed by atoms with E-state index in [9.17, 15) is 14.4 Å². The minimum atomic E-state index is -0.414. The highest BCUT2D eigenvalue weighted by Crippen LogP contribution is 2.21. The SMILES string of the molecule is Cc1cccc(NC(=O)Cn2cc(C(=O)c3ccncc3)c(=O)c3cc(Br)ccc32)c1C. The van der Waals surface area contributed by atoms with Gasteiger partial charge in [0.25, 0.3) is 0 Å². The standard InChI is InChI=1S/C25H20BrN3O3/c1-15-4-3-5-21(16(15)2)28-23(30)14-29-13-20(24(31)17-8-10-27-11-9-17)25(32)19-12-18(26)6-7-22(19)29/h3-13H,14H2,1-2H3,(H,28,30). The van der Waals surface area contributed by atoms with Crippen LogP contribution in [0, 0.1) is 13.8 Å². The van der Waals surface area contributed by atoms with Crippen molar-refractivity contribution in [3.8, 4) is 0 Å². The molecule has 0 aliphatic carbocycles. The number of ketones is 1. The van der Waals surface area contributed by atoms with E-state index in [1.54, 1.807) is 34.9 Å². The maximum atomic E-state index is 13.1. The van der Waals surface area contributed by atoms with Gasteiger partial charge in [0.15, 0.2) is 5.78 Å². The van der Waals surface area contributed by atoms with E-state index in [0.29, 0.717) is 20.9 Å². The quantitative estimate of drug-likeness (QED) is 0.413. The molecular formula is C25H20BrN3O3. The van der Waals surface area contributed by atoms with Crippen LogP contribution in [0.1, 0.15) is 27.0 Å². The van der Waals surface area contributed by atoms with Gasteiger partial charge in [0.05, 0.1) is 11.1 Å². The Morgan fingerprint density at radius 1 is 1.06 bits per heavy atom. The molecule has 0 aliphatic rings. The number of amides is 1. The molecule has 32 heavy (non-hydrogen) atoms. The summed E-state index contributed by atoms with van der Waals surface area (Å²) in [5.41, 5.74) is 3.35. The first-order valence-corrected chi connectivity index (χ1v) is 10.8. The molecule has 2 aromatic carbocycles. The summed E-state index contributed by atoms with van der Waals surface area (Å²) in [6.45, 7) is 3.88. The summed E-state index contributed by atoms with van der Waals surface area (Å²) in [5.74, 6) is -0.670. The first kappa shape index (κ1) is 21.6. The number of aryl methyl sites for hydroxylation is 1. The molecule has 1 N–H and O–H groups in total. The fourth-order valence-electron chi connectivity index (χ4n) is 3.55. The molecule has 0 radical (unpaired) electrons. The molecule has 4 rings (SSSR count). The number of anilines is 1. The Bertz CT molecular complexity index is 1410. The van der Waals surface area contributed by atoms with Gasteiger partial charge in [-0.3, -0.25) is 19.4 Å². The summed E-state index contributed by atoms with van der Waals surface area (Å²) in [6, 6.07) is 14.1. The highest BCUT2D eigenvalue weighted by atomic mass is 79.9. The lowest BCUT2D eigenvalue weighted by Gasteiger charge is -2.15. The molecule has 0 unspecified atom stereocenters. The van der Waals surface area contributed by atoms with E-state index in [0.717, 1.165) is 16.8 Å². The van der Waals surface area contributed by atoms with Crippen LogP contribution in [-0.2, 0) is 11.3 Å². The predicted octanol–water partition coefficient (Wildman–Crippen LogP) is 4.65. The molecule has 2 aromatic heterocycles. The number of benzene rings is 2. The summed E-state index contributed by atoms with van der Waals surface area (Å²) in [7, 11) is 0. The molecule has 160 valence electrons. The van der Waals surface area contributed by atoms with Crippen molar-refractivity contribution in [2.24, 2.45) is 0 Å². The minimum absolute atomic E-state index is 0.00124. The van der Waals surface area contributed by atoms with Crippen LogP contribution in [0.5, 0.6) is 0 Å². The molecule has 0 fully saturated rings. The fourth-order valence-corrected chi connectivity index (χ4v) is 3.91. The minimum Gasteiger partial charge on any atom is -0.337 e. The third-order valence-electron chi connectivity index (χ3n) is 5.42. The van der Waals surface area contributed by atoms with Gasteiger partial charge in [-0.1, -0.05) is 28.1 Å². The molecule has 6 nitrogen and oxygen atoms in total. The van der Waals surface area contributed by atoms with Crippen molar-refractivity contribution < 1.29 is 9.59 Å². The maximum absolute atomic E-state index is 13.1. The second-order valence-corrected chi connectivity index (χ2v) is 8.44. The summed E-state index contributed by atoms with van der Waals surface area (Å²) in [6.07, 6.45) is 4.46. The molecule has 2 heterocycles. The number of halogens is 1. The first-order chi connectivity index (χ1) is 15.3. The van der Waals surface area contributed by atoms with Crippen LogP contribution in [0.15, 0.2) is 76.4 Å². The van der Waals surface area contributed by atoms with Gasteiger partial charge in [0, 0.05) is 39.7 Å². The van der Waals surface area contributed by atoms with Crippen LogP contribution >= 0.6 is 15.9 Å². The van der Waals surface area contributed by atoms with Crippen molar-refractivity contribution in [1.82, 2.24) is 9.55 Å². The zero-order valence-electron chi connectivity index (χ0n) is 17.6. The lowest BCUT2D eigenvalue weighted by atomic mass is 10.0. The predicted molar refractivity (Wildman–Crippen MR) is 128 cm³/mol. The molecule has 1 amide bonds. The van der Waals surface area contributed by atoms with Crippen LogP contribution in [0.4, 0.5) is 5.69 Å². The van der Waals surface area contributed by atoms with Crippen LogP contribution in [-0.4, -0.2) is 21.2 Å². The Morgan fingerprint density at radius 2 is 1.81 bits per heavy atom. The average molecular weight is 490 g/mol. The molecule has 7 heteroatoms. The smallest absolute Gasteiger partial charge is 0.244 e. The topological polar surface area (TPSA) is 81.1 Å². The Labute approximate surface area is 193 Å². The Balaban J connectivity index is 1.77. The summed E-state index contributed by atoms with van der Waals surface area (Å²) in [5, 5.41) is 3.29. The highest BCUT2D eigenvalue weighted by molar-refractivity contribution is 9.10. The van der Waals surface area contributed by atoms with Crippen molar-refractivity contribution in [3.63, 3.8) is 0 Å². The zero-order chi connectivity index (χ0) is 22.8. The van der Waals surface area contributed by atoms with Gasteiger partial charge in [0.2, 0.25) is 11.3 Å². The van der Waals surface area contributed by atoms with Crippen LogP contribution in [0.3, 0.4) is 0 Å². The number of pyridine rings is 2. The summed E-state index contributed by atoms with van der Waals surface area (Å²) < 4.78 is 2.35. The van der Waals surface area contributed by atoms with E-state index in [-0.39, 0.29) is 23.4 Å². The zero-order valence-corrected chi connectivity index (χ0v) is 19.1. The Hall–Kier alpha value is -3.58. The van der Waals surface area contributed by atoms with Crippen LogP contribution < -0.4 is 10.7 Å². The van der Waals surface area contributed by atoms with E-state index in [1.165, 1.54) is 18.6 Å². The monoisotopic (exact) mass is 489 g/mol. The Morgan fingerprint density at radius 3 is 2.56 bits per heavy atom. The van der Waals surface area contributed by atoms with E-state index in [4.69, 9.17) is 0 Å². The van der Waals surface area contributed by atoms with Gasteiger partial charge >= 0.3 is 0 Å². The van der Waals surface area contributed by atoms with Crippen molar-refractivity contribution >= 4 is 44.2 Å². The van der Waals surface area contributed by atoms with Gasteiger partial charge in [0.1, 0.15) is 6.54 Å². The normalized spacial score (nSPS) is 10.8. The van der Waals surface area contributed by atoms with Crippen molar-refractivity contribution in [3.05, 3.63) is 104 Å². The van der Waals surface area contributed by atoms with Gasteiger partial charge in [-0.15, -0.1) is 0 Å². The van der Waals surface area contributed by atoms with Crippen molar-refractivity contribution in [1.29, 1.82) is 0 Å². The number of nitrogens with one attached hydrogen (secondary N) is 1. The third-order valence-corrected chi connectivity index (χ3v) is 5.92. The van der Waals surface area contributed by atoms with Crippen molar-refractivity contribution in [2.75, 3.05) is 5.32 Å². The van der Waals surface area contributed by atoms with E-state index in [2.05, 4.69) is 26.2 Å². The van der Waals surface area contributed by atoms with E-state index >= 15 is 0 Å². The third kappa shape index (κ3) is 4.24. The average Bonchev–Trinajstić information content (AvgIpc) is 2.79. The lowest BCUT2D eigenvalue weighted by Crippen LogP contribution is -2.24. The second kappa shape index (κ2) is 8.88. The Kier molecular flexibility index (Phi) is 6.01. The lowest BCUT2D eigenvalue weighted by molar-refractivity contribution is -0.116. The van der Waals surface area contributed by atoms with Gasteiger partial charge in [-0.25, -0.2) is 0 Å². The molecule has 0 aliphatic heterocycles. The van der Waals surface area contributed by atoms with E-state index < -0.39 is 5.78 Å². The first-order valence-electron chi connectivity index (χ1n) is 9.98.